The predicted octanol–water partition coefficient (Wildman–Crippen LogP) is 3.34. The summed E-state index contributed by atoms with van der Waals surface area (Å²) in [6.07, 6.45) is 0. The Kier molecular flexibility index (Phi) is 2.31. The molecule has 0 saturated heterocycles. The maximum Gasteiger partial charge on any atom is 0.163 e. The van der Waals surface area contributed by atoms with E-state index >= 15 is 0 Å². The molecule has 0 bridgehead atoms. The highest BCUT2D eigenvalue weighted by Gasteiger charge is 2.17. The molecule has 0 aliphatic rings. The molecule has 2 rings (SSSR count). The molecule has 0 N–H and O–H groups in total. The van der Waals surface area contributed by atoms with E-state index in [0.29, 0.717) is 10.7 Å². The molecule has 1 aromatic heterocycles. The number of benzene rings is 1. The second kappa shape index (κ2) is 3.38. The zero-order valence-electron chi connectivity index (χ0n) is 8.97. The number of Topliss-reactive ketones (excluding diaryl/α,β-unsaturated/α-hetero) is 1. The molecule has 78 valence electrons. The highest BCUT2D eigenvalue weighted by Crippen LogP contribution is 2.31. The quantitative estimate of drug-likeness (QED) is 0.677. The molecule has 1 aromatic carbocycles. The number of rotatable bonds is 1. The fourth-order valence-corrected chi connectivity index (χ4v) is 2.34. The Labute approximate surface area is 93.5 Å². The Bertz CT molecular complexity index is 554. The van der Waals surface area contributed by atoms with Crippen LogP contribution in [0.4, 0.5) is 0 Å². The molecule has 0 aliphatic heterocycles. The number of aromatic nitrogens is 1. The van der Waals surface area contributed by atoms with Gasteiger partial charge in [-0.15, -0.1) is 0 Å². The monoisotopic (exact) mass is 221 g/mol. The predicted molar refractivity (Wildman–Crippen MR) is 62.7 cm³/mol. The lowest BCUT2D eigenvalue weighted by Gasteiger charge is -2.00. The molecule has 0 aliphatic carbocycles. The Balaban J connectivity index is 3.00. The van der Waals surface area contributed by atoms with Gasteiger partial charge in [0, 0.05) is 12.4 Å². The first kappa shape index (κ1) is 10.2. The third kappa shape index (κ3) is 1.37. The molecule has 0 amide bonds. The van der Waals surface area contributed by atoms with Gasteiger partial charge in [-0.2, -0.15) is 0 Å². The van der Waals surface area contributed by atoms with Crippen molar-refractivity contribution in [2.75, 3.05) is 0 Å². The Hall–Kier alpha value is -1.28. The summed E-state index contributed by atoms with van der Waals surface area (Å²) in [5, 5.41) is 1.46. The van der Waals surface area contributed by atoms with Crippen LogP contribution in [0, 0.1) is 6.92 Å². The average Bonchev–Trinajstić information content (AvgIpc) is 2.41. The molecule has 0 fully saturated rings. The Morgan fingerprint density at radius 3 is 2.67 bits per heavy atom. The minimum atomic E-state index is 0.0104. The topological polar surface area (TPSA) is 22.0 Å². The first-order valence-electron chi connectivity index (χ1n) is 4.78. The average molecular weight is 222 g/mol. The highest BCUT2D eigenvalue weighted by atomic mass is 35.5. The van der Waals surface area contributed by atoms with Crippen molar-refractivity contribution in [1.82, 2.24) is 4.57 Å². The lowest BCUT2D eigenvalue weighted by molar-refractivity contribution is 0.101. The molecule has 2 nitrogen and oxygen atoms in total. The summed E-state index contributed by atoms with van der Waals surface area (Å²) in [6, 6.07) is 5.90. The summed E-state index contributed by atoms with van der Waals surface area (Å²) in [5.41, 5.74) is 2.79. The number of carbonyl (C=O) groups is 1. The largest absolute Gasteiger partial charge is 0.334 e. The third-order valence-electron chi connectivity index (χ3n) is 2.70. The number of fused-ring (bicyclic) bond motifs is 1. The van der Waals surface area contributed by atoms with E-state index in [0.717, 1.165) is 16.5 Å². The zero-order chi connectivity index (χ0) is 11.2. The lowest BCUT2D eigenvalue weighted by Crippen LogP contribution is -1.92. The summed E-state index contributed by atoms with van der Waals surface area (Å²) in [4.78, 5) is 11.5. The minimum absolute atomic E-state index is 0.0104. The molecule has 2 aromatic rings. The van der Waals surface area contributed by atoms with Crippen molar-refractivity contribution in [3.05, 3.63) is 34.5 Å². The summed E-state index contributed by atoms with van der Waals surface area (Å²) in [6.45, 7) is 3.56. The van der Waals surface area contributed by atoms with E-state index in [-0.39, 0.29) is 5.78 Å². The molecule has 0 spiro atoms. The number of hydrogen-bond acceptors (Lipinski definition) is 1. The van der Waals surface area contributed by atoms with Crippen LogP contribution in [-0.2, 0) is 7.05 Å². The van der Waals surface area contributed by atoms with Gasteiger partial charge in [-0.05, 0) is 19.4 Å². The molecular weight excluding hydrogens is 210 g/mol. The standard InChI is InChI=1S/C12H12ClNO/c1-7-5-4-6-9-10(8(2)15)12(13)14(3)11(7)9/h4-6H,1-3H3. The number of hydrogen-bond donors (Lipinski definition) is 0. The molecule has 0 saturated carbocycles. The SMILES string of the molecule is CC(=O)c1c(Cl)n(C)c2c(C)cccc12. The lowest BCUT2D eigenvalue weighted by atomic mass is 10.1. The van der Waals surface area contributed by atoms with Crippen molar-refractivity contribution in [1.29, 1.82) is 0 Å². The summed E-state index contributed by atoms with van der Waals surface area (Å²) < 4.78 is 1.86. The van der Waals surface area contributed by atoms with E-state index < -0.39 is 0 Å². The summed E-state index contributed by atoms with van der Waals surface area (Å²) >= 11 is 6.15. The van der Waals surface area contributed by atoms with Crippen LogP contribution in [-0.4, -0.2) is 10.4 Å². The molecule has 0 atom stereocenters. The van der Waals surface area contributed by atoms with Crippen LogP contribution in [0.5, 0.6) is 0 Å². The van der Waals surface area contributed by atoms with Gasteiger partial charge in [-0.3, -0.25) is 4.79 Å². The van der Waals surface area contributed by atoms with E-state index in [4.69, 9.17) is 11.6 Å². The van der Waals surface area contributed by atoms with Crippen LogP contribution >= 0.6 is 11.6 Å². The molecule has 0 unspecified atom stereocenters. The van der Waals surface area contributed by atoms with Gasteiger partial charge in [0.05, 0.1) is 11.1 Å². The smallest absolute Gasteiger partial charge is 0.163 e. The van der Waals surface area contributed by atoms with Crippen molar-refractivity contribution >= 4 is 28.3 Å². The molecule has 3 heteroatoms. The van der Waals surface area contributed by atoms with Crippen molar-refractivity contribution in [2.45, 2.75) is 13.8 Å². The van der Waals surface area contributed by atoms with Crippen LogP contribution in [0.2, 0.25) is 5.15 Å². The van der Waals surface area contributed by atoms with Crippen LogP contribution in [0.15, 0.2) is 18.2 Å². The van der Waals surface area contributed by atoms with Gasteiger partial charge in [0.25, 0.3) is 0 Å². The number of aryl methyl sites for hydroxylation is 2. The fourth-order valence-electron chi connectivity index (χ4n) is 2.02. The zero-order valence-corrected chi connectivity index (χ0v) is 9.72. The normalized spacial score (nSPS) is 10.9. The van der Waals surface area contributed by atoms with Crippen LogP contribution in [0.25, 0.3) is 10.9 Å². The van der Waals surface area contributed by atoms with Gasteiger partial charge in [-0.25, -0.2) is 0 Å². The minimum Gasteiger partial charge on any atom is -0.334 e. The van der Waals surface area contributed by atoms with Crippen LogP contribution in [0.1, 0.15) is 22.8 Å². The third-order valence-corrected chi connectivity index (χ3v) is 3.14. The van der Waals surface area contributed by atoms with Crippen molar-refractivity contribution in [3.63, 3.8) is 0 Å². The molecule has 1 heterocycles. The first-order chi connectivity index (χ1) is 7.04. The van der Waals surface area contributed by atoms with Gasteiger partial charge in [0.1, 0.15) is 5.15 Å². The maximum absolute atomic E-state index is 11.5. The number of nitrogens with zero attached hydrogens (tertiary/aromatic N) is 1. The van der Waals surface area contributed by atoms with E-state index in [2.05, 4.69) is 0 Å². The van der Waals surface area contributed by atoms with Gasteiger partial charge < -0.3 is 4.57 Å². The van der Waals surface area contributed by atoms with E-state index in [1.807, 2.05) is 36.7 Å². The van der Waals surface area contributed by atoms with E-state index in [1.54, 1.807) is 6.92 Å². The molecule has 0 radical (unpaired) electrons. The first-order valence-corrected chi connectivity index (χ1v) is 5.16. The Morgan fingerprint density at radius 1 is 1.40 bits per heavy atom. The van der Waals surface area contributed by atoms with Gasteiger partial charge in [0.2, 0.25) is 0 Å². The number of carbonyl (C=O) groups excluding carboxylic acids is 1. The number of halogens is 1. The van der Waals surface area contributed by atoms with E-state index in [9.17, 15) is 4.79 Å². The second-order valence-electron chi connectivity index (χ2n) is 3.75. The van der Waals surface area contributed by atoms with Gasteiger partial charge in [0.15, 0.2) is 5.78 Å². The maximum atomic E-state index is 11.5. The number of ketones is 1. The molecular formula is C12H12ClNO. The number of para-hydroxylation sites is 1. The highest BCUT2D eigenvalue weighted by molar-refractivity contribution is 6.35. The van der Waals surface area contributed by atoms with E-state index in [1.165, 1.54) is 0 Å². The van der Waals surface area contributed by atoms with Crippen LogP contribution in [0.3, 0.4) is 0 Å². The fraction of sp³-hybridized carbons (Fsp3) is 0.250. The Morgan fingerprint density at radius 2 is 2.07 bits per heavy atom. The van der Waals surface area contributed by atoms with Crippen LogP contribution < -0.4 is 0 Å². The molecule has 15 heavy (non-hydrogen) atoms. The summed E-state index contributed by atoms with van der Waals surface area (Å²) in [5.74, 6) is 0.0104. The summed E-state index contributed by atoms with van der Waals surface area (Å²) in [7, 11) is 1.88. The van der Waals surface area contributed by atoms with Gasteiger partial charge >= 0.3 is 0 Å². The van der Waals surface area contributed by atoms with Crippen molar-refractivity contribution < 1.29 is 4.79 Å². The van der Waals surface area contributed by atoms with Crippen molar-refractivity contribution in [2.24, 2.45) is 7.05 Å². The second-order valence-corrected chi connectivity index (χ2v) is 4.11. The van der Waals surface area contributed by atoms with Gasteiger partial charge in [-0.1, -0.05) is 29.8 Å². The van der Waals surface area contributed by atoms with Crippen molar-refractivity contribution in [3.8, 4) is 0 Å².